The van der Waals surface area contributed by atoms with Crippen LogP contribution in [-0.2, 0) is 24.6 Å². The second-order valence-electron chi connectivity index (χ2n) is 14.2. The van der Waals surface area contributed by atoms with Crippen molar-refractivity contribution in [2.24, 2.45) is 23.7 Å². The fourth-order valence-electron chi connectivity index (χ4n) is 9.21. The first kappa shape index (κ1) is 36.6. The Morgan fingerprint density at radius 3 is 2.14 bits per heavy atom. The number of carboxylic acid groups (broad SMARTS) is 1. The highest BCUT2D eigenvalue weighted by molar-refractivity contribution is 6.30. The van der Waals surface area contributed by atoms with Crippen molar-refractivity contribution in [3.63, 3.8) is 0 Å². The molecule has 8 rings (SSSR count). The Morgan fingerprint density at radius 1 is 0.875 bits per heavy atom. The van der Waals surface area contributed by atoms with Gasteiger partial charge in [0.2, 0.25) is 17.6 Å². The highest BCUT2D eigenvalue weighted by Crippen LogP contribution is 2.65. The Hall–Kier alpha value is -6.41. The first-order valence-corrected chi connectivity index (χ1v) is 17.9. The Labute approximate surface area is 323 Å². The average Bonchev–Trinajstić information content (AvgIpc) is 3.56. The van der Waals surface area contributed by atoms with Gasteiger partial charge in [0.05, 0.1) is 48.8 Å². The molecule has 4 aromatic rings. The Bertz CT molecular complexity index is 2360. The molecule has 2 heterocycles. The molecule has 286 valence electrons. The minimum atomic E-state index is -1.71. The summed E-state index contributed by atoms with van der Waals surface area (Å²) in [7, 11) is 2.70. The molecule has 2 aliphatic heterocycles. The number of aromatic hydroxyl groups is 2. The molecule has 13 nitrogen and oxygen atoms in total. The van der Waals surface area contributed by atoms with Gasteiger partial charge in [0.25, 0.3) is 11.8 Å². The predicted octanol–water partition coefficient (Wildman–Crippen LogP) is 5.80. The maximum atomic E-state index is 15.4. The van der Waals surface area contributed by atoms with Gasteiger partial charge in [-0.25, -0.2) is 14.1 Å². The highest BCUT2D eigenvalue weighted by Gasteiger charge is 2.70. The molecule has 4 aromatic carbocycles. The number of carbonyl (C=O) groups excluding carboxylic acids is 4. The summed E-state index contributed by atoms with van der Waals surface area (Å²) >= 11 is 6.36. The molecule has 2 saturated heterocycles. The molecule has 4 amide bonds. The van der Waals surface area contributed by atoms with Crippen molar-refractivity contribution in [3.8, 4) is 23.0 Å². The monoisotopic (exact) mass is 781 g/mol. The van der Waals surface area contributed by atoms with Crippen molar-refractivity contribution in [2.75, 3.05) is 24.5 Å². The van der Waals surface area contributed by atoms with Crippen molar-refractivity contribution in [3.05, 3.63) is 118 Å². The predicted molar refractivity (Wildman–Crippen MR) is 198 cm³/mol. The van der Waals surface area contributed by atoms with E-state index in [9.17, 15) is 38.9 Å². The number of nitrogens with zero attached hydrogens (tertiary/aromatic N) is 2. The molecule has 1 saturated carbocycles. The molecule has 4 aliphatic rings. The average molecular weight is 782 g/mol. The van der Waals surface area contributed by atoms with Crippen LogP contribution in [0.1, 0.15) is 40.2 Å². The maximum Gasteiger partial charge on any atom is 0.339 e. The normalized spacial score (nSPS) is 25.4. The van der Waals surface area contributed by atoms with Crippen molar-refractivity contribution in [1.82, 2.24) is 5.01 Å². The van der Waals surface area contributed by atoms with E-state index in [2.05, 4.69) is 5.43 Å². The molecule has 6 atom stereocenters. The number of carboxylic acids is 1. The third kappa shape index (κ3) is 5.30. The number of carbonyl (C=O) groups is 5. The van der Waals surface area contributed by atoms with Gasteiger partial charge >= 0.3 is 5.97 Å². The van der Waals surface area contributed by atoms with E-state index in [1.165, 1.54) is 44.6 Å². The van der Waals surface area contributed by atoms with Gasteiger partial charge < -0.3 is 24.8 Å². The number of halogens is 2. The largest absolute Gasteiger partial charge is 0.507 e. The van der Waals surface area contributed by atoms with E-state index in [1.807, 2.05) is 6.08 Å². The molecule has 2 aliphatic carbocycles. The van der Waals surface area contributed by atoms with Crippen LogP contribution in [-0.4, -0.2) is 64.1 Å². The first-order valence-electron chi connectivity index (χ1n) is 17.6. The van der Waals surface area contributed by atoms with Gasteiger partial charge in [-0.1, -0.05) is 35.4 Å². The number of phenolic OH excluding ortho intramolecular Hbond substituents is 1. The van der Waals surface area contributed by atoms with Crippen LogP contribution in [0, 0.1) is 29.5 Å². The topological polar surface area (TPSA) is 183 Å². The molecule has 0 bridgehead atoms. The molecule has 15 heteroatoms. The third-order valence-electron chi connectivity index (χ3n) is 11.6. The summed E-state index contributed by atoms with van der Waals surface area (Å²) in [5.74, 6) is -10.2. The number of amides is 4. The smallest absolute Gasteiger partial charge is 0.339 e. The second kappa shape index (κ2) is 13.4. The van der Waals surface area contributed by atoms with E-state index in [0.29, 0.717) is 21.7 Å². The lowest BCUT2D eigenvalue weighted by Gasteiger charge is -2.50. The van der Waals surface area contributed by atoms with E-state index in [-0.39, 0.29) is 41.5 Å². The number of hydrogen-bond acceptors (Lipinski definition) is 10. The number of benzene rings is 4. The van der Waals surface area contributed by atoms with Gasteiger partial charge in [-0.15, -0.1) is 0 Å². The standard InChI is InChI=1S/C41H33ClFN3O10/c1-55-31-15-19(16-32(56-2)35(31)48)34-25-13-14-27-33(38(51)45(36(27)49)24-11-12-26(39(52)53)30(47)17-24)28(25)18-29-37(50)46(44-23-9-7-22(43)8-10-23)40(54)41(29,34)20-3-5-21(42)6-4-20/h3-13,15-17,27-29,33-34,44,47-48H,14,18H2,1-2H3,(H,52,53). The first-order chi connectivity index (χ1) is 26.8. The molecule has 56 heavy (non-hydrogen) atoms. The lowest BCUT2D eigenvalue weighted by Crippen LogP contribution is -2.53. The lowest BCUT2D eigenvalue weighted by atomic mass is 9.49. The van der Waals surface area contributed by atoms with Crippen LogP contribution < -0.4 is 19.8 Å². The van der Waals surface area contributed by atoms with Crippen molar-refractivity contribution < 1.29 is 53.2 Å². The van der Waals surface area contributed by atoms with Gasteiger partial charge in [0, 0.05) is 17.0 Å². The van der Waals surface area contributed by atoms with Crippen LogP contribution in [0.4, 0.5) is 15.8 Å². The van der Waals surface area contributed by atoms with Gasteiger partial charge in [-0.05, 0) is 90.6 Å². The highest BCUT2D eigenvalue weighted by atomic mass is 35.5. The number of hydrazine groups is 1. The van der Waals surface area contributed by atoms with E-state index in [1.54, 1.807) is 36.4 Å². The Morgan fingerprint density at radius 2 is 1.54 bits per heavy atom. The summed E-state index contributed by atoms with van der Waals surface area (Å²) in [6, 6.07) is 18.2. The molecule has 0 spiro atoms. The van der Waals surface area contributed by atoms with Crippen molar-refractivity contribution in [2.45, 2.75) is 24.2 Å². The van der Waals surface area contributed by atoms with E-state index in [0.717, 1.165) is 22.0 Å². The Balaban J connectivity index is 1.33. The van der Waals surface area contributed by atoms with Gasteiger partial charge in [0.15, 0.2) is 11.5 Å². The number of fused-ring (bicyclic) bond motifs is 4. The zero-order valence-electron chi connectivity index (χ0n) is 29.7. The molecule has 6 unspecified atom stereocenters. The number of rotatable bonds is 8. The number of phenols is 2. The van der Waals surface area contributed by atoms with Gasteiger partial charge in [0.1, 0.15) is 17.1 Å². The van der Waals surface area contributed by atoms with Crippen LogP contribution in [0.2, 0.25) is 5.02 Å². The van der Waals surface area contributed by atoms with Crippen molar-refractivity contribution in [1.29, 1.82) is 0 Å². The van der Waals surface area contributed by atoms with E-state index in [4.69, 9.17) is 21.1 Å². The summed E-state index contributed by atoms with van der Waals surface area (Å²) in [5.41, 5.74) is 2.42. The molecule has 3 fully saturated rings. The summed E-state index contributed by atoms with van der Waals surface area (Å²) in [4.78, 5) is 71.4. The van der Waals surface area contributed by atoms with Crippen LogP contribution in [0.5, 0.6) is 23.0 Å². The third-order valence-corrected chi connectivity index (χ3v) is 11.8. The van der Waals surface area contributed by atoms with Crippen LogP contribution in [0.3, 0.4) is 0 Å². The minimum Gasteiger partial charge on any atom is -0.507 e. The molecular formula is C41H33ClFN3O10. The molecule has 4 N–H and O–H groups in total. The summed E-state index contributed by atoms with van der Waals surface area (Å²) in [5, 5.41) is 32.2. The number of allylic oxidation sites excluding steroid dienone is 2. The minimum absolute atomic E-state index is 0.0135. The van der Waals surface area contributed by atoms with E-state index >= 15 is 4.79 Å². The number of ether oxygens (including phenoxy) is 2. The van der Waals surface area contributed by atoms with Gasteiger partial charge in [-0.3, -0.25) is 24.6 Å². The summed E-state index contributed by atoms with van der Waals surface area (Å²) in [6.07, 6.45) is 1.84. The van der Waals surface area contributed by atoms with Crippen LogP contribution >= 0.6 is 11.6 Å². The molecule has 0 aromatic heterocycles. The Kier molecular flexibility index (Phi) is 8.75. The van der Waals surface area contributed by atoms with Crippen molar-refractivity contribution >= 4 is 52.6 Å². The number of methoxy groups -OCH3 is 2. The quantitative estimate of drug-likeness (QED) is 0.125. The number of hydrogen-bond donors (Lipinski definition) is 4. The molecule has 0 radical (unpaired) electrons. The molecular weight excluding hydrogens is 749 g/mol. The number of nitrogens with one attached hydrogen (secondary N) is 1. The lowest BCUT2D eigenvalue weighted by molar-refractivity contribution is -0.138. The van der Waals surface area contributed by atoms with E-state index < -0.39 is 81.7 Å². The second-order valence-corrected chi connectivity index (χ2v) is 14.6. The zero-order valence-corrected chi connectivity index (χ0v) is 30.5. The van der Waals surface area contributed by atoms with Crippen LogP contribution in [0.25, 0.3) is 0 Å². The number of aromatic carboxylic acids is 1. The summed E-state index contributed by atoms with van der Waals surface area (Å²) < 4.78 is 25.0. The SMILES string of the molecule is COc1cc(C2C3=CCC4C(=O)N(c5ccc(C(=O)O)c(O)c5)C(=O)C4C3CC3C(=O)N(Nc4ccc(F)cc4)C(=O)C32c2ccc(Cl)cc2)cc(OC)c1O. The zero-order chi connectivity index (χ0) is 39.8. The number of anilines is 2. The fourth-order valence-corrected chi connectivity index (χ4v) is 9.33. The summed E-state index contributed by atoms with van der Waals surface area (Å²) in [6.45, 7) is 0. The fraction of sp³-hybridized carbons (Fsp3) is 0.244. The van der Waals surface area contributed by atoms with Gasteiger partial charge in [-0.2, -0.15) is 5.01 Å². The number of imide groups is 2. The maximum absolute atomic E-state index is 15.4. The van der Waals surface area contributed by atoms with Crippen LogP contribution in [0.15, 0.2) is 90.5 Å².